The molecule has 1 aromatic heterocycles. The summed E-state index contributed by atoms with van der Waals surface area (Å²) < 4.78 is 52.5. The fraction of sp³-hybridized carbons (Fsp3) is 0.412. The molecule has 1 N–H and O–H groups in total. The van der Waals surface area contributed by atoms with Crippen molar-refractivity contribution >= 4 is 21.7 Å². The number of aromatic nitrogens is 2. The minimum Gasteiger partial charge on any atom is -0.325 e. The first kappa shape index (κ1) is 20.2. The van der Waals surface area contributed by atoms with E-state index in [9.17, 15) is 22.0 Å². The Morgan fingerprint density at radius 1 is 1.21 bits per heavy atom. The second-order valence-electron chi connectivity index (χ2n) is 6.74. The summed E-state index contributed by atoms with van der Waals surface area (Å²) in [5.41, 5.74) is 0.564. The highest BCUT2D eigenvalue weighted by molar-refractivity contribution is 7.88. The molecule has 28 heavy (non-hydrogen) atoms. The van der Waals surface area contributed by atoms with Gasteiger partial charge in [-0.05, 0) is 25.0 Å². The Kier molecular flexibility index (Phi) is 5.66. The number of urea groups is 1. The van der Waals surface area contributed by atoms with E-state index in [0.29, 0.717) is 31.6 Å². The van der Waals surface area contributed by atoms with Crippen LogP contribution in [0.4, 0.5) is 19.3 Å². The molecule has 1 fully saturated rings. The van der Waals surface area contributed by atoms with Crippen molar-refractivity contribution in [1.29, 1.82) is 0 Å². The molecule has 1 aromatic carbocycles. The van der Waals surface area contributed by atoms with Crippen LogP contribution in [0.15, 0.2) is 30.6 Å². The van der Waals surface area contributed by atoms with Gasteiger partial charge in [0.1, 0.15) is 11.6 Å². The topological polar surface area (TPSA) is 87.5 Å². The molecule has 0 saturated carbocycles. The Bertz CT molecular complexity index is 951. The van der Waals surface area contributed by atoms with Gasteiger partial charge in [0.05, 0.1) is 30.0 Å². The Morgan fingerprint density at radius 3 is 2.39 bits per heavy atom. The molecule has 0 unspecified atom stereocenters. The van der Waals surface area contributed by atoms with Gasteiger partial charge in [0.2, 0.25) is 10.0 Å². The summed E-state index contributed by atoms with van der Waals surface area (Å²) in [4.78, 5) is 14.0. The van der Waals surface area contributed by atoms with Crippen molar-refractivity contribution in [2.24, 2.45) is 0 Å². The zero-order valence-corrected chi connectivity index (χ0v) is 16.3. The summed E-state index contributed by atoms with van der Waals surface area (Å²) in [5.74, 6) is -1.45. The molecule has 0 aliphatic carbocycles. The second-order valence-corrected chi connectivity index (χ2v) is 8.72. The largest absolute Gasteiger partial charge is 0.325 e. The maximum Gasteiger partial charge on any atom is 0.321 e. The highest BCUT2D eigenvalue weighted by Crippen LogP contribution is 2.19. The molecule has 2 aromatic rings. The quantitative estimate of drug-likeness (QED) is 0.831. The number of nitrogens with one attached hydrogen (secondary N) is 1. The van der Waals surface area contributed by atoms with Crippen molar-refractivity contribution in [3.05, 3.63) is 42.2 Å². The van der Waals surface area contributed by atoms with E-state index in [4.69, 9.17) is 0 Å². The average Bonchev–Trinajstić information content (AvgIpc) is 3.08. The second kappa shape index (κ2) is 7.84. The van der Waals surface area contributed by atoms with Crippen molar-refractivity contribution in [2.45, 2.75) is 18.9 Å². The first-order valence-corrected chi connectivity index (χ1v) is 10.5. The lowest BCUT2D eigenvalue weighted by atomic mass is 10.1. The number of piperidine rings is 1. The number of hydrogen-bond acceptors (Lipinski definition) is 4. The fourth-order valence-corrected chi connectivity index (χ4v) is 4.01. The van der Waals surface area contributed by atoms with Gasteiger partial charge in [-0.3, -0.25) is 0 Å². The van der Waals surface area contributed by atoms with Gasteiger partial charge < -0.3 is 10.2 Å². The number of carbonyl (C=O) groups excluding carboxylic acids is 1. The van der Waals surface area contributed by atoms with Gasteiger partial charge in [-0.15, -0.1) is 0 Å². The van der Waals surface area contributed by atoms with E-state index in [0.717, 1.165) is 18.2 Å². The van der Waals surface area contributed by atoms with E-state index in [-0.39, 0.29) is 17.8 Å². The van der Waals surface area contributed by atoms with Crippen LogP contribution >= 0.6 is 0 Å². The Labute approximate surface area is 161 Å². The van der Waals surface area contributed by atoms with Crippen LogP contribution < -0.4 is 5.32 Å². The van der Waals surface area contributed by atoms with E-state index in [1.807, 2.05) is 0 Å². The lowest BCUT2D eigenvalue weighted by molar-refractivity contribution is 0.174. The predicted octanol–water partition coefficient (Wildman–Crippen LogP) is 2.04. The van der Waals surface area contributed by atoms with Crippen LogP contribution in [0.25, 0.3) is 5.69 Å². The van der Waals surface area contributed by atoms with Crippen LogP contribution in [-0.4, -0.2) is 65.9 Å². The first-order valence-electron chi connectivity index (χ1n) is 8.63. The maximum atomic E-state index is 13.3. The third-order valence-corrected chi connectivity index (χ3v) is 6.01. The van der Waals surface area contributed by atoms with Crippen LogP contribution in [0.1, 0.15) is 12.8 Å². The third kappa shape index (κ3) is 4.65. The molecule has 0 atom stereocenters. The standard InChI is InChI=1S/C17H21F2N5O3S/c1-22(15-3-5-23(6-4-15)28(2,26)27)17(25)21-14-10-20-24(11-14)16-8-12(18)7-13(19)9-16/h7-11,15H,3-6H2,1-2H3,(H,21,25). The van der Waals surface area contributed by atoms with Gasteiger partial charge in [-0.1, -0.05) is 0 Å². The van der Waals surface area contributed by atoms with Crippen molar-refractivity contribution in [3.8, 4) is 5.69 Å². The minimum atomic E-state index is -3.22. The van der Waals surface area contributed by atoms with Crippen molar-refractivity contribution < 1.29 is 22.0 Å². The normalized spacial score (nSPS) is 16.1. The number of amides is 2. The number of sulfonamides is 1. The smallest absolute Gasteiger partial charge is 0.321 e. The van der Waals surface area contributed by atoms with E-state index in [1.165, 1.54) is 32.5 Å². The van der Waals surface area contributed by atoms with Gasteiger partial charge in [-0.25, -0.2) is 31.0 Å². The fourth-order valence-electron chi connectivity index (χ4n) is 3.14. The molecule has 0 bridgehead atoms. The molecule has 2 heterocycles. The van der Waals surface area contributed by atoms with E-state index >= 15 is 0 Å². The molecular weight excluding hydrogens is 392 g/mol. The van der Waals surface area contributed by atoms with Gasteiger partial charge >= 0.3 is 6.03 Å². The number of hydrogen-bond donors (Lipinski definition) is 1. The van der Waals surface area contributed by atoms with Crippen LogP contribution in [0.5, 0.6) is 0 Å². The predicted molar refractivity (Wildman–Crippen MR) is 99.7 cm³/mol. The van der Waals surface area contributed by atoms with Gasteiger partial charge in [0.15, 0.2) is 0 Å². The lowest BCUT2D eigenvalue weighted by Crippen LogP contribution is -2.48. The number of anilines is 1. The van der Waals surface area contributed by atoms with E-state index in [2.05, 4.69) is 10.4 Å². The molecule has 2 amide bonds. The van der Waals surface area contributed by atoms with Crippen molar-refractivity contribution in [3.63, 3.8) is 0 Å². The van der Waals surface area contributed by atoms with Gasteiger partial charge in [0.25, 0.3) is 0 Å². The number of nitrogens with zero attached hydrogens (tertiary/aromatic N) is 4. The Balaban J connectivity index is 1.61. The highest BCUT2D eigenvalue weighted by Gasteiger charge is 2.29. The zero-order valence-electron chi connectivity index (χ0n) is 15.5. The maximum absolute atomic E-state index is 13.3. The SMILES string of the molecule is CN(C(=O)Nc1cnn(-c2cc(F)cc(F)c2)c1)C1CCN(S(C)(=O)=O)CC1. The molecule has 152 valence electrons. The monoisotopic (exact) mass is 413 g/mol. The summed E-state index contributed by atoms with van der Waals surface area (Å²) in [6, 6.07) is 2.56. The summed E-state index contributed by atoms with van der Waals surface area (Å²) in [6.45, 7) is 0.731. The molecule has 3 rings (SSSR count). The van der Waals surface area contributed by atoms with Crippen LogP contribution in [-0.2, 0) is 10.0 Å². The van der Waals surface area contributed by atoms with Crippen LogP contribution in [0.2, 0.25) is 0 Å². The third-order valence-electron chi connectivity index (χ3n) is 4.71. The molecular formula is C17H21F2N5O3S. The molecule has 1 aliphatic heterocycles. The summed E-state index contributed by atoms with van der Waals surface area (Å²) in [6.07, 6.45) is 5.08. The molecule has 1 aliphatic rings. The zero-order chi connectivity index (χ0) is 20.5. The highest BCUT2D eigenvalue weighted by atomic mass is 32.2. The Hall–Kier alpha value is -2.53. The summed E-state index contributed by atoms with van der Waals surface area (Å²) >= 11 is 0. The average molecular weight is 413 g/mol. The van der Waals surface area contributed by atoms with Crippen LogP contribution in [0.3, 0.4) is 0 Å². The van der Waals surface area contributed by atoms with Crippen molar-refractivity contribution in [2.75, 3.05) is 31.7 Å². The summed E-state index contributed by atoms with van der Waals surface area (Å²) in [7, 11) is -1.58. The molecule has 0 radical (unpaired) electrons. The number of benzene rings is 1. The Morgan fingerprint density at radius 2 is 1.82 bits per heavy atom. The lowest BCUT2D eigenvalue weighted by Gasteiger charge is -2.35. The molecule has 1 saturated heterocycles. The van der Waals surface area contributed by atoms with Crippen LogP contribution in [0, 0.1) is 11.6 Å². The van der Waals surface area contributed by atoms with Crippen molar-refractivity contribution in [1.82, 2.24) is 19.0 Å². The van der Waals surface area contributed by atoms with Gasteiger partial charge in [0, 0.05) is 32.2 Å². The van der Waals surface area contributed by atoms with E-state index in [1.54, 1.807) is 7.05 Å². The first-order chi connectivity index (χ1) is 13.1. The minimum absolute atomic E-state index is 0.0923. The molecule has 8 nitrogen and oxygen atoms in total. The van der Waals surface area contributed by atoms with E-state index < -0.39 is 21.7 Å². The summed E-state index contributed by atoms with van der Waals surface area (Å²) in [5, 5.41) is 6.69. The number of carbonyl (C=O) groups is 1. The number of rotatable bonds is 4. The number of halogens is 2. The molecule has 0 spiro atoms. The van der Waals surface area contributed by atoms with Gasteiger partial charge in [-0.2, -0.15) is 5.10 Å². The molecule has 11 heteroatoms.